The number of pyridine rings is 1. The van der Waals surface area contributed by atoms with Gasteiger partial charge < -0.3 is 5.32 Å². The third-order valence-electron chi connectivity index (χ3n) is 3.57. The number of alkyl halides is 3. The number of nitrogens with zero attached hydrogens (tertiary/aromatic N) is 3. The predicted molar refractivity (Wildman–Crippen MR) is 95.9 cm³/mol. The van der Waals surface area contributed by atoms with Crippen LogP contribution in [-0.4, -0.2) is 21.6 Å². The first-order chi connectivity index (χ1) is 13.0. The normalized spacial score (nSPS) is 11.0. The van der Waals surface area contributed by atoms with Crippen molar-refractivity contribution in [1.82, 2.24) is 4.98 Å². The van der Waals surface area contributed by atoms with E-state index in [1.54, 1.807) is 6.92 Å². The van der Waals surface area contributed by atoms with Crippen molar-refractivity contribution in [1.29, 1.82) is 5.26 Å². The van der Waals surface area contributed by atoms with Gasteiger partial charge in [0.25, 0.3) is 5.69 Å². The molecule has 1 N–H and O–H groups in total. The maximum atomic E-state index is 13.1. The van der Waals surface area contributed by atoms with E-state index in [0.717, 1.165) is 6.07 Å². The van der Waals surface area contributed by atoms with Crippen LogP contribution < -0.4 is 5.32 Å². The second-order valence-electron chi connectivity index (χ2n) is 5.69. The van der Waals surface area contributed by atoms with E-state index in [4.69, 9.17) is 5.26 Å². The van der Waals surface area contributed by atoms with Crippen molar-refractivity contribution in [3.05, 3.63) is 56.8 Å². The van der Waals surface area contributed by atoms with E-state index in [1.807, 2.05) is 0 Å². The predicted octanol–water partition coefficient (Wildman–Crippen LogP) is 4.23. The number of benzene rings is 1. The lowest BCUT2D eigenvalue weighted by Crippen LogP contribution is -2.16. The molecule has 11 heteroatoms. The zero-order chi connectivity index (χ0) is 21.1. The Bertz CT molecular complexity index is 987. The molecule has 1 aromatic carbocycles. The summed E-state index contributed by atoms with van der Waals surface area (Å²) in [6, 6.07) is 6.15. The molecule has 0 unspecified atom stereocenters. The molecule has 1 heterocycles. The summed E-state index contributed by atoms with van der Waals surface area (Å²) in [4.78, 5) is 26.2. The maximum Gasteiger partial charge on any atom is 0.417 e. The van der Waals surface area contributed by atoms with Crippen molar-refractivity contribution in [2.45, 2.75) is 25.0 Å². The molecule has 146 valence electrons. The van der Waals surface area contributed by atoms with Crippen molar-refractivity contribution in [3.8, 4) is 6.07 Å². The molecule has 0 atom stereocenters. The van der Waals surface area contributed by atoms with Crippen LogP contribution in [0.1, 0.15) is 22.4 Å². The van der Waals surface area contributed by atoms with E-state index in [1.165, 1.54) is 31.2 Å². The van der Waals surface area contributed by atoms with Crippen LogP contribution in [-0.2, 0) is 11.0 Å². The Morgan fingerprint density at radius 3 is 2.57 bits per heavy atom. The Morgan fingerprint density at radius 1 is 1.36 bits per heavy atom. The van der Waals surface area contributed by atoms with Gasteiger partial charge in [0.1, 0.15) is 11.1 Å². The van der Waals surface area contributed by atoms with Crippen LogP contribution in [0.4, 0.5) is 24.5 Å². The monoisotopic (exact) mass is 410 g/mol. The minimum atomic E-state index is -4.72. The van der Waals surface area contributed by atoms with Crippen molar-refractivity contribution in [2.24, 2.45) is 0 Å². The summed E-state index contributed by atoms with van der Waals surface area (Å²) >= 11 is 0.703. The topological polar surface area (TPSA) is 109 Å². The van der Waals surface area contributed by atoms with E-state index < -0.39 is 28.1 Å². The van der Waals surface area contributed by atoms with Crippen molar-refractivity contribution in [2.75, 3.05) is 11.1 Å². The van der Waals surface area contributed by atoms with Crippen molar-refractivity contribution < 1.29 is 22.9 Å². The van der Waals surface area contributed by atoms with Crippen LogP contribution in [0.2, 0.25) is 0 Å². The van der Waals surface area contributed by atoms with Gasteiger partial charge in [-0.15, -0.1) is 0 Å². The zero-order valence-electron chi connectivity index (χ0n) is 14.6. The number of hydrogen-bond acceptors (Lipinski definition) is 6. The number of thioether (sulfide) groups is 1. The van der Waals surface area contributed by atoms with Crippen LogP contribution in [0.5, 0.6) is 0 Å². The number of rotatable bonds is 5. The van der Waals surface area contributed by atoms with Crippen LogP contribution in [0.25, 0.3) is 0 Å². The molecule has 0 saturated carbocycles. The Hall–Kier alpha value is -3.13. The number of non-ortho nitro benzene ring substituents is 1. The first-order valence-electron chi connectivity index (χ1n) is 7.69. The summed E-state index contributed by atoms with van der Waals surface area (Å²) in [6.45, 7) is 2.93. The molecule has 1 aromatic heterocycles. The number of amides is 1. The maximum absolute atomic E-state index is 13.1. The van der Waals surface area contributed by atoms with Gasteiger partial charge in [-0.05, 0) is 31.5 Å². The minimum Gasteiger partial charge on any atom is -0.325 e. The standard InChI is InChI=1S/C17H13F3N4O3S/c1-9-5-11(24(26)27)3-4-14(9)23-15(25)8-28-16-12(7-21)13(17(18,19)20)6-10(2)22-16/h3-6H,8H2,1-2H3,(H,23,25). The van der Waals surface area contributed by atoms with E-state index >= 15 is 0 Å². The molecular weight excluding hydrogens is 397 g/mol. The van der Waals surface area contributed by atoms with Gasteiger partial charge in [0.05, 0.1) is 21.8 Å². The average Bonchev–Trinajstić information content (AvgIpc) is 2.60. The minimum absolute atomic E-state index is 0.0699. The van der Waals surface area contributed by atoms with Crippen molar-refractivity contribution >= 4 is 29.0 Å². The number of nitrogens with one attached hydrogen (secondary N) is 1. The summed E-state index contributed by atoms with van der Waals surface area (Å²) in [6.07, 6.45) is -4.72. The van der Waals surface area contributed by atoms with Crippen molar-refractivity contribution in [3.63, 3.8) is 0 Å². The molecule has 1 amide bonds. The SMILES string of the molecule is Cc1cc(C(F)(F)F)c(C#N)c(SCC(=O)Nc2ccc([N+](=O)[O-])cc2C)n1. The molecule has 0 bridgehead atoms. The lowest BCUT2D eigenvalue weighted by Gasteiger charge is -2.13. The highest BCUT2D eigenvalue weighted by Gasteiger charge is 2.35. The van der Waals surface area contributed by atoms with E-state index in [-0.39, 0.29) is 22.2 Å². The summed E-state index contributed by atoms with van der Waals surface area (Å²) < 4.78 is 39.3. The Morgan fingerprint density at radius 2 is 2.04 bits per heavy atom. The highest BCUT2D eigenvalue weighted by Crippen LogP contribution is 2.35. The zero-order valence-corrected chi connectivity index (χ0v) is 15.4. The van der Waals surface area contributed by atoms with Gasteiger partial charge in [-0.3, -0.25) is 14.9 Å². The highest BCUT2D eigenvalue weighted by atomic mass is 32.2. The molecule has 0 spiro atoms. The van der Waals surface area contributed by atoms with E-state index in [9.17, 15) is 28.1 Å². The molecule has 0 fully saturated rings. The fourth-order valence-electron chi connectivity index (χ4n) is 2.30. The molecule has 0 aliphatic carbocycles. The molecule has 0 aliphatic heterocycles. The lowest BCUT2D eigenvalue weighted by atomic mass is 10.1. The molecule has 7 nitrogen and oxygen atoms in total. The van der Waals surface area contributed by atoms with Gasteiger partial charge in [-0.1, -0.05) is 11.8 Å². The number of nitro benzene ring substituents is 1. The fraction of sp³-hybridized carbons (Fsp3) is 0.235. The number of carbonyl (C=O) groups excluding carboxylic acids is 1. The van der Waals surface area contributed by atoms with E-state index in [2.05, 4.69) is 10.3 Å². The molecule has 2 aromatic rings. The van der Waals surface area contributed by atoms with Gasteiger partial charge in [0, 0.05) is 23.5 Å². The molecular formula is C17H13F3N4O3S. The second kappa shape index (κ2) is 8.26. The number of hydrogen-bond donors (Lipinski definition) is 1. The summed E-state index contributed by atoms with van der Waals surface area (Å²) in [5.74, 6) is -0.846. The smallest absolute Gasteiger partial charge is 0.325 e. The highest BCUT2D eigenvalue weighted by molar-refractivity contribution is 8.00. The number of anilines is 1. The quantitative estimate of drug-likeness (QED) is 0.449. The number of aromatic nitrogens is 1. The van der Waals surface area contributed by atoms with Gasteiger partial charge >= 0.3 is 6.18 Å². The third kappa shape index (κ3) is 4.98. The Balaban J connectivity index is 2.17. The summed E-state index contributed by atoms with van der Waals surface area (Å²) in [5.41, 5.74) is -1.00. The Kier molecular flexibility index (Phi) is 6.25. The van der Waals surface area contributed by atoms with Gasteiger partial charge in [0.2, 0.25) is 5.91 Å². The largest absolute Gasteiger partial charge is 0.417 e. The molecule has 0 saturated heterocycles. The number of aryl methyl sites for hydroxylation is 2. The number of nitriles is 1. The first kappa shape index (κ1) is 21.2. The number of halogens is 3. The molecule has 28 heavy (non-hydrogen) atoms. The Labute approximate surface area is 161 Å². The third-order valence-corrected chi connectivity index (χ3v) is 4.54. The van der Waals surface area contributed by atoms with Gasteiger partial charge in [0.15, 0.2) is 0 Å². The molecule has 2 rings (SSSR count). The second-order valence-corrected chi connectivity index (χ2v) is 6.66. The number of carbonyl (C=O) groups is 1. The van der Waals surface area contributed by atoms with Crippen LogP contribution in [0.15, 0.2) is 29.3 Å². The molecule has 0 aliphatic rings. The average molecular weight is 410 g/mol. The van der Waals surface area contributed by atoms with E-state index in [0.29, 0.717) is 23.0 Å². The van der Waals surface area contributed by atoms with Gasteiger partial charge in [-0.25, -0.2) is 4.98 Å². The number of nitro groups is 1. The molecule has 0 radical (unpaired) electrons. The van der Waals surface area contributed by atoms with Crippen LogP contribution in [0, 0.1) is 35.3 Å². The van der Waals surface area contributed by atoms with Crippen LogP contribution >= 0.6 is 11.8 Å². The van der Waals surface area contributed by atoms with Crippen LogP contribution in [0.3, 0.4) is 0 Å². The van der Waals surface area contributed by atoms with Gasteiger partial charge in [-0.2, -0.15) is 18.4 Å². The summed E-state index contributed by atoms with van der Waals surface area (Å²) in [5, 5.41) is 22.2. The lowest BCUT2D eigenvalue weighted by molar-refractivity contribution is -0.384. The fourth-order valence-corrected chi connectivity index (χ4v) is 3.15. The summed E-state index contributed by atoms with van der Waals surface area (Å²) in [7, 11) is 0. The first-order valence-corrected chi connectivity index (χ1v) is 8.68.